The van der Waals surface area contributed by atoms with Gasteiger partial charge < -0.3 is 10.6 Å². The first-order valence-corrected chi connectivity index (χ1v) is 7.38. The lowest BCUT2D eigenvalue weighted by Crippen LogP contribution is -2.50. The molecular weight excluding hydrogens is 381 g/mol. The third-order valence-corrected chi connectivity index (χ3v) is 3.60. The number of rotatable bonds is 6. The molecule has 0 atom stereocenters. The van der Waals surface area contributed by atoms with Gasteiger partial charge in [-0.25, -0.2) is 0 Å². The van der Waals surface area contributed by atoms with Gasteiger partial charge in [0.25, 0.3) is 0 Å². The Morgan fingerprint density at radius 3 is 2.00 bits per heavy atom. The Kier molecular flexibility index (Phi) is 6.32. The number of carbonyl (C=O) groups is 2. The van der Waals surface area contributed by atoms with Crippen LogP contribution in [-0.4, -0.2) is 34.9 Å². The molecule has 0 radical (unpaired) electrons. The fourth-order valence-corrected chi connectivity index (χ4v) is 2.17. The number of amides is 2. The average Bonchev–Trinajstić information content (AvgIpc) is 2.43. The molecule has 0 heterocycles. The van der Waals surface area contributed by atoms with E-state index in [-0.39, 0.29) is 11.4 Å². The van der Waals surface area contributed by atoms with Gasteiger partial charge in [-0.1, -0.05) is 17.8 Å². The maximum atomic E-state index is 13.1. The number of benzene rings is 1. The first kappa shape index (κ1) is 21.1. The first-order valence-electron chi connectivity index (χ1n) is 6.40. The largest absolute Gasteiger partial charge is 0.460 e. The summed E-state index contributed by atoms with van der Waals surface area (Å²) in [6, 6.07) is 5.38. The maximum Gasteiger partial charge on any atom is 0.460 e. The molecule has 4 nitrogen and oxygen atoms in total. The standard InChI is InChI=1S/C13H11F7N2O2S/c1-7(23)21-8-3-2-4-9(5-8)22-10(24)6-25-13(19,20)11(14,15)12(16,17)18/h2-5H,6H2,1H3,(H,21,23)(H,22,24). The summed E-state index contributed by atoms with van der Waals surface area (Å²) in [5, 5.41) is -1.09. The fraction of sp³-hybridized carbons (Fsp3) is 0.385. The molecule has 0 aliphatic heterocycles. The highest BCUT2D eigenvalue weighted by Crippen LogP contribution is 2.51. The quantitative estimate of drug-likeness (QED) is 0.717. The number of hydrogen-bond donors (Lipinski definition) is 2. The van der Waals surface area contributed by atoms with Crippen molar-refractivity contribution in [1.82, 2.24) is 0 Å². The molecular formula is C13H11F7N2O2S. The van der Waals surface area contributed by atoms with E-state index in [4.69, 9.17) is 0 Å². The minimum Gasteiger partial charge on any atom is -0.326 e. The first-order chi connectivity index (χ1) is 11.3. The van der Waals surface area contributed by atoms with Crippen LogP contribution in [0.3, 0.4) is 0 Å². The van der Waals surface area contributed by atoms with Crippen molar-refractivity contribution in [2.75, 3.05) is 16.4 Å². The predicted octanol–water partition coefficient (Wildman–Crippen LogP) is 4.11. The molecule has 1 rings (SSSR count). The van der Waals surface area contributed by atoms with Crippen LogP contribution in [-0.2, 0) is 9.59 Å². The average molecular weight is 392 g/mol. The van der Waals surface area contributed by atoms with Gasteiger partial charge in [-0.05, 0) is 18.2 Å². The van der Waals surface area contributed by atoms with Gasteiger partial charge in [0.05, 0.1) is 5.75 Å². The zero-order chi connectivity index (χ0) is 19.5. The molecule has 0 spiro atoms. The Morgan fingerprint density at radius 1 is 1.00 bits per heavy atom. The molecule has 1 aromatic carbocycles. The SMILES string of the molecule is CC(=O)Nc1cccc(NC(=O)CSC(F)(F)C(F)(F)C(F)(F)F)c1. The Labute approximate surface area is 141 Å². The van der Waals surface area contributed by atoms with Crippen LogP contribution in [0, 0.1) is 0 Å². The fourth-order valence-electron chi connectivity index (χ4n) is 1.49. The van der Waals surface area contributed by atoms with Crippen LogP contribution in [0.15, 0.2) is 24.3 Å². The minimum absolute atomic E-state index is 0.0303. The summed E-state index contributed by atoms with van der Waals surface area (Å²) < 4.78 is 87.4. The summed E-state index contributed by atoms with van der Waals surface area (Å²) in [4.78, 5) is 22.4. The summed E-state index contributed by atoms with van der Waals surface area (Å²) in [7, 11) is 0. The summed E-state index contributed by atoms with van der Waals surface area (Å²) >= 11 is -1.13. The van der Waals surface area contributed by atoms with Crippen molar-refractivity contribution in [3.8, 4) is 0 Å². The molecule has 1 aromatic rings. The minimum atomic E-state index is -6.45. The Bertz CT molecular complexity index is 650. The van der Waals surface area contributed by atoms with Crippen LogP contribution in [0.4, 0.5) is 42.1 Å². The Morgan fingerprint density at radius 2 is 1.52 bits per heavy atom. The molecule has 0 saturated carbocycles. The summed E-state index contributed by atoms with van der Waals surface area (Å²) in [6.07, 6.45) is -6.45. The second kappa shape index (κ2) is 7.50. The second-order valence-electron chi connectivity index (χ2n) is 4.69. The molecule has 2 amide bonds. The van der Waals surface area contributed by atoms with Gasteiger partial charge in [-0.15, -0.1) is 0 Å². The number of nitrogens with one attached hydrogen (secondary N) is 2. The normalized spacial score (nSPS) is 12.6. The topological polar surface area (TPSA) is 58.2 Å². The highest BCUT2D eigenvalue weighted by Gasteiger charge is 2.73. The van der Waals surface area contributed by atoms with Gasteiger partial charge >= 0.3 is 17.4 Å². The van der Waals surface area contributed by atoms with Crippen LogP contribution in [0.25, 0.3) is 0 Å². The lowest BCUT2D eigenvalue weighted by atomic mass is 10.2. The number of carbonyl (C=O) groups excluding carboxylic acids is 2. The summed E-state index contributed by atoms with van der Waals surface area (Å²) in [6.45, 7) is 1.21. The van der Waals surface area contributed by atoms with E-state index in [1.807, 2.05) is 5.32 Å². The molecule has 2 N–H and O–H groups in total. The number of halogens is 7. The smallest absolute Gasteiger partial charge is 0.326 e. The van der Waals surface area contributed by atoms with Crippen LogP contribution in [0.1, 0.15) is 6.92 Å². The lowest BCUT2D eigenvalue weighted by molar-refractivity contribution is -0.330. The van der Waals surface area contributed by atoms with Crippen molar-refractivity contribution in [3.63, 3.8) is 0 Å². The van der Waals surface area contributed by atoms with E-state index in [0.717, 1.165) is 0 Å². The highest BCUT2D eigenvalue weighted by molar-refractivity contribution is 8.01. The van der Waals surface area contributed by atoms with Crippen molar-refractivity contribution in [2.45, 2.75) is 24.3 Å². The van der Waals surface area contributed by atoms with E-state index in [1.165, 1.54) is 31.2 Å². The number of anilines is 2. The number of alkyl halides is 7. The predicted molar refractivity (Wildman–Crippen MR) is 77.8 cm³/mol. The zero-order valence-corrected chi connectivity index (χ0v) is 13.2. The molecule has 12 heteroatoms. The molecule has 140 valence electrons. The van der Waals surface area contributed by atoms with Crippen LogP contribution >= 0.6 is 11.8 Å². The van der Waals surface area contributed by atoms with Crippen LogP contribution in [0.2, 0.25) is 0 Å². The Hall–Kier alpha value is -1.98. The highest BCUT2D eigenvalue weighted by atomic mass is 32.2. The van der Waals surface area contributed by atoms with Crippen LogP contribution in [0.5, 0.6) is 0 Å². The van der Waals surface area contributed by atoms with E-state index >= 15 is 0 Å². The van der Waals surface area contributed by atoms with Crippen molar-refractivity contribution in [2.24, 2.45) is 0 Å². The monoisotopic (exact) mass is 392 g/mol. The van der Waals surface area contributed by atoms with Crippen molar-refractivity contribution >= 4 is 35.0 Å². The van der Waals surface area contributed by atoms with Crippen molar-refractivity contribution in [1.29, 1.82) is 0 Å². The maximum absolute atomic E-state index is 13.1. The van der Waals surface area contributed by atoms with Crippen LogP contribution < -0.4 is 10.6 Å². The third kappa shape index (κ3) is 5.51. The lowest BCUT2D eigenvalue weighted by Gasteiger charge is -2.27. The van der Waals surface area contributed by atoms with Gasteiger partial charge in [-0.2, -0.15) is 30.7 Å². The molecule has 25 heavy (non-hydrogen) atoms. The molecule has 0 bridgehead atoms. The van der Waals surface area contributed by atoms with E-state index in [9.17, 15) is 40.3 Å². The zero-order valence-electron chi connectivity index (χ0n) is 12.4. The van der Waals surface area contributed by atoms with E-state index in [1.54, 1.807) is 0 Å². The van der Waals surface area contributed by atoms with Gasteiger partial charge in [0, 0.05) is 18.3 Å². The molecule has 0 unspecified atom stereocenters. The second-order valence-corrected chi connectivity index (χ2v) is 5.78. The van der Waals surface area contributed by atoms with Crippen molar-refractivity contribution < 1.29 is 40.3 Å². The number of thioether (sulfide) groups is 1. The molecule has 0 aromatic heterocycles. The third-order valence-electron chi connectivity index (χ3n) is 2.57. The molecule has 0 aliphatic rings. The summed E-state index contributed by atoms with van der Waals surface area (Å²) in [5.74, 6) is -9.27. The number of hydrogen-bond acceptors (Lipinski definition) is 3. The van der Waals surface area contributed by atoms with E-state index in [0.29, 0.717) is 0 Å². The molecule has 0 fully saturated rings. The van der Waals surface area contributed by atoms with Gasteiger partial charge in [0.1, 0.15) is 0 Å². The summed E-state index contributed by atoms with van der Waals surface area (Å²) in [5.41, 5.74) is 0.287. The Balaban J connectivity index is 2.70. The molecule has 0 aliphatic carbocycles. The van der Waals surface area contributed by atoms with Gasteiger partial charge in [-0.3, -0.25) is 9.59 Å². The van der Waals surface area contributed by atoms with E-state index < -0.39 is 46.7 Å². The van der Waals surface area contributed by atoms with Gasteiger partial charge in [0.2, 0.25) is 11.8 Å². The van der Waals surface area contributed by atoms with E-state index in [2.05, 4.69) is 5.32 Å². The van der Waals surface area contributed by atoms with Gasteiger partial charge in [0.15, 0.2) is 0 Å². The molecule has 0 saturated heterocycles. The van der Waals surface area contributed by atoms with Crippen molar-refractivity contribution in [3.05, 3.63) is 24.3 Å².